The molecule has 0 aromatic heterocycles. The van der Waals surface area contributed by atoms with Crippen molar-refractivity contribution in [3.8, 4) is 5.75 Å². The molecule has 0 saturated carbocycles. The second kappa shape index (κ2) is 9.40. The van der Waals surface area contributed by atoms with Crippen LogP contribution >= 0.6 is 0 Å². The molecule has 2 N–H and O–H groups in total. The second-order valence-corrected chi connectivity index (χ2v) is 5.75. The van der Waals surface area contributed by atoms with E-state index >= 15 is 0 Å². The smallest absolute Gasteiger partial charge is 0.320 e. The highest BCUT2D eigenvalue weighted by Crippen LogP contribution is 2.13. The second-order valence-electron chi connectivity index (χ2n) is 5.75. The summed E-state index contributed by atoms with van der Waals surface area (Å²) in [4.78, 5) is 11.2. The minimum atomic E-state index is -0.789. The Morgan fingerprint density at radius 1 is 1.29 bits per heavy atom. The fourth-order valence-electron chi connectivity index (χ4n) is 2.02. The number of rotatable bonds is 10. The van der Waals surface area contributed by atoms with Crippen LogP contribution in [0.15, 0.2) is 24.3 Å². The van der Waals surface area contributed by atoms with Gasteiger partial charge in [0, 0.05) is 6.54 Å². The lowest BCUT2D eigenvalue weighted by Gasteiger charge is -2.16. The van der Waals surface area contributed by atoms with Crippen molar-refractivity contribution in [2.24, 2.45) is 5.92 Å². The zero-order valence-electron chi connectivity index (χ0n) is 13.3. The predicted octanol–water partition coefficient (Wildman–Crippen LogP) is 3.45. The molecule has 0 aliphatic carbocycles. The molecule has 0 spiro atoms. The van der Waals surface area contributed by atoms with Crippen LogP contribution in [0.3, 0.4) is 0 Å². The van der Waals surface area contributed by atoms with Gasteiger partial charge < -0.3 is 15.2 Å². The number of hydrogen-bond donors (Lipinski definition) is 2. The molecular weight excluding hydrogens is 266 g/mol. The van der Waals surface area contributed by atoms with Crippen LogP contribution in [-0.2, 0) is 11.3 Å². The third-order valence-electron chi connectivity index (χ3n) is 3.25. The Morgan fingerprint density at radius 3 is 2.48 bits per heavy atom. The van der Waals surface area contributed by atoms with E-state index in [1.54, 1.807) is 0 Å². The van der Waals surface area contributed by atoms with Crippen molar-refractivity contribution >= 4 is 5.97 Å². The summed E-state index contributed by atoms with van der Waals surface area (Å²) >= 11 is 0. The van der Waals surface area contributed by atoms with Gasteiger partial charge in [0.05, 0.1) is 6.61 Å². The third-order valence-corrected chi connectivity index (χ3v) is 3.25. The van der Waals surface area contributed by atoms with Gasteiger partial charge in [-0.3, -0.25) is 4.79 Å². The summed E-state index contributed by atoms with van der Waals surface area (Å²) in [7, 11) is 0. The maximum Gasteiger partial charge on any atom is 0.320 e. The number of aliphatic carboxylic acids is 1. The first kappa shape index (κ1) is 17.5. The standard InChI is InChI=1S/C17H27NO3/c1-4-5-10-21-15-8-6-14(7-9-15)12-18-16(17(19)20)11-13(2)3/h6-9,13,16,18H,4-5,10-12H2,1-3H3,(H,19,20). The van der Waals surface area contributed by atoms with Crippen molar-refractivity contribution in [1.29, 1.82) is 0 Å². The topological polar surface area (TPSA) is 58.6 Å². The number of carboxylic acid groups (broad SMARTS) is 1. The molecule has 0 amide bonds. The van der Waals surface area contributed by atoms with Gasteiger partial charge in [-0.2, -0.15) is 0 Å². The highest BCUT2D eigenvalue weighted by molar-refractivity contribution is 5.73. The Labute approximate surface area is 127 Å². The van der Waals surface area contributed by atoms with E-state index in [4.69, 9.17) is 4.74 Å². The van der Waals surface area contributed by atoms with Crippen LogP contribution in [0.4, 0.5) is 0 Å². The molecule has 1 aromatic carbocycles. The number of carboxylic acids is 1. The van der Waals surface area contributed by atoms with Gasteiger partial charge in [-0.25, -0.2) is 0 Å². The molecule has 0 bridgehead atoms. The van der Waals surface area contributed by atoms with Gasteiger partial charge in [0.1, 0.15) is 11.8 Å². The van der Waals surface area contributed by atoms with Gasteiger partial charge in [-0.15, -0.1) is 0 Å². The van der Waals surface area contributed by atoms with Crippen molar-refractivity contribution in [3.63, 3.8) is 0 Å². The quantitative estimate of drug-likeness (QED) is 0.649. The van der Waals surface area contributed by atoms with E-state index in [2.05, 4.69) is 12.2 Å². The zero-order valence-corrected chi connectivity index (χ0v) is 13.3. The molecular formula is C17H27NO3. The van der Waals surface area contributed by atoms with E-state index in [1.165, 1.54) is 0 Å². The van der Waals surface area contributed by atoms with Gasteiger partial charge in [0.2, 0.25) is 0 Å². The molecule has 0 fully saturated rings. The van der Waals surface area contributed by atoms with Crippen LogP contribution in [0, 0.1) is 5.92 Å². The number of unbranched alkanes of at least 4 members (excludes halogenated alkanes) is 1. The van der Waals surface area contributed by atoms with Gasteiger partial charge in [0.25, 0.3) is 0 Å². The molecule has 1 unspecified atom stereocenters. The van der Waals surface area contributed by atoms with Crippen LogP contribution in [-0.4, -0.2) is 23.7 Å². The molecule has 0 aliphatic heterocycles. The first-order chi connectivity index (χ1) is 10.0. The molecule has 0 saturated heterocycles. The van der Waals surface area contributed by atoms with Crippen LogP contribution < -0.4 is 10.1 Å². The first-order valence-corrected chi connectivity index (χ1v) is 7.70. The van der Waals surface area contributed by atoms with Gasteiger partial charge in [0.15, 0.2) is 0 Å². The molecule has 0 heterocycles. The first-order valence-electron chi connectivity index (χ1n) is 7.70. The molecule has 4 heteroatoms. The maximum atomic E-state index is 11.2. The number of benzene rings is 1. The third kappa shape index (κ3) is 7.14. The number of ether oxygens (including phenoxy) is 1. The summed E-state index contributed by atoms with van der Waals surface area (Å²) in [5.41, 5.74) is 1.06. The summed E-state index contributed by atoms with van der Waals surface area (Å²) in [5, 5.41) is 12.3. The Morgan fingerprint density at radius 2 is 1.95 bits per heavy atom. The van der Waals surface area contributed by atoms with Gasteiger partial charge in [-0.1, -0.05) is 39.3 Å². The van der Waals surface area contributed by atoms with Crippen molar-refractivity contribution in [3.05, 3.63) is 29.8 Å². The monoisotopic (exact) mass is 293 g/mol. The normalized spacial score (nSPS) is 12.4. The van der Waals surface area contributed by atoms with Crippen molar-refractivity contribution in [2.75, 3.05) is 6.61 Å². The maximum absolute atomic E-state index is 11.2. The fourth-order valence-corrected chi connectivity index (χ4v) is 2.02. The van der Waals surface area contributed by atoms with Crippen LogP contribution in [0.1, 0.15) is 45.6 Å². The molecule has 1 rings (SSSR count). The number of hydrogen-bond acceptors (Lipinski definition) is 3. The lowest BCUT2D eigenvalue weighted by atomic mass is 10.0. The average Bonchev–Trinajstić information content (AvgIpc) is 2.44. The molecule has 4 nitrogen and oxygen atoms in total. The highest BCUT2D eigenvalue weighted by atomic mass is 16.5. The summed E-state index contributed by atoms with van der Waals surface area (Å²) in [6, 6.07) is 7.33. The van der Waals surface area contributed by atoms with E-state index < -0.39 is 12.0 Å². The highest BCUT2D eigenvalue weighted by Gasteiger charge is 2.17. The molecule has 1 atom stereocenters. The number of nitrogens with one attached hydrogen (secondary N) is 1. The van der Waals surface area contributed by atoms with Gasteiger partial charge in [-0.05, 0) is 36.5 Å². The van der Waals surface area contributed by atoms with Gasteiger partial charge >= 0.3 is 5.97 Å². The van der Waals surface area contributed by atoms with E-state index in [1.807, 2.05) is 38.1 Å². The van der Waals surface area contributed by atoms with E-state index in [-0.39, 0.29) is 0 Å². The lowest BCUT2D eigenvalue weighted by Crippen LogP contribution is -2.37. The van der Waals surface area contributed by atoms with E-state index in [9.17, 15) is 9.90 Å². The Hall–Kier alpha value is -1.55. The summed E-state index contributed by atoms with van der Waals surface area (Å²) in [6.07, 6.45) is 2.81. The largest absolute Gasteiger partial charge is 0.494 e. The molecule has 1 aromatic rings. The average molecular weight is 293 g/mol. The Balaban J connectivity index is 2.45. The van der Waals surface area contributed by atoms with E-state index in [0.717, 1.165) is 30.8 Å². The molecule has 21 heavy (non-hydrogen) atoms. The zero-order chi connectivity index (χ0) is 15.7. The van der Waals surface area contributed by atoms with Crippen molar-refractivity contribution in [1.82, 2.24) is 5.32 Å². The summed E-state index contributed by atoms with van der Waals surface area (Å²) < 4.78 is 5.60. The summed E-state index contributed by atoms with van der Waals surface area (Å²) in [6.45, 7) is 7.48. The minimum absolute atomic E-state index is 0.355. The van der Waals surface area contributed by atoms with Crippen molar-refractivity contribution < 1.29 is 14.6 Å². The molecule has 0 aliphatic rings. The van der Waals surface area contributed by atoms with Crippen molar-refractivity contribution in [2.45, 2.75) is 52.6 Å². The van der Waals surface area contributed by atoms with Crippen LogP contribution in [0.2, 0.25) is 0 Å². The Kier molecular flexibility index (Phi) is 7.83. The summed E-state index contributed by atoms with van der Waals surface area (Å²) in [5.74, 6) is 0.431. The molecule has 0 radical (unpaired) electrons. The predicted molar refractivity (Wildman–Crippen MR) is 84.6 cm³/mol. The van der Waals surface area contributed by atoms with Crippen LogP contribution in [0.25, 0.3) is 0 Å². The SMILES string of the molecule is CCCCOc1ccc(CNC(CC(C)C)C(=O)O)cc1. The van der Waals surface area contributed by atoms with E-state index in [0.29, 0.717) is 18.9 Å². The van der Waals surface area contributed by atoms with Crippen LogP contribution in [0.5, 0.6) is 5.75 Å². The Bertz CT molecular complexity index is 415. The molecule has 118 valence electrons. The number of carbonyl (C=O) groups is 1. The fraction of sp³-hybridized carbons (Fsp3) is 0.588. The lowest BCUT2D eigenvalue weighted by molar-refractivity contribution is -0.140. The minimum Gasteiger partial charge on any atom is -0.494 e.